The first kappa shape index (κ1) is 24.0. The van der Waals surface area contributed by atoms with Gasteiger partial charge in [0.15, 0.2) is 0 Å². The van der Waals surface area contributed by atoms with E-state index < -0.39 is 5.91 Å². The van der Waals surface area contributed by atoms with Gasteiger partial charge in [-0.1, -0.05) is 24.3 Å². The van der Waals surface area contributed by atoms with Crippen LogP contribution < -0.4 is 11.0 Å². The molecule has 2 N–H and O–H groups in total. The van der Waals surface area contributed by atoms with Crippen LogP contribution in [0.5, 0.6) is 0 Å². The minimum atomic E-state index is -0.601. The maximum absolute atomic E-state index is 13.7. The van der Waals surface area contributed by atoms with Crippen molar-refractivity contribution in [2.45, 2.75) is 25.4 Å². The maximum Gasteiger partial charge on any atom is 0.320 e. The standard InChI is InChI=1S/C26H30N6O4/c1-29-13-15-30(16-14-29)26(35)31-12-4-7-22(31)23-27-21-6-3-2-5-20(21)25(34)32(23)17-18-8-10-19(11-9-18)24(33)28-36/h2-3,5-6,8-11,22,36H,4,7,12-17H2,1H3,(H,28,33)/t22-/m0/s1. The quantitative estimate of drug-likeness (QED) is 0.428. The first-order valence-electron chi connectivity index (χ1n) is 12.2. The molecule has 1 aromatic heterocycles. The predicted octanol–water partition coefficient (Wildman–Crippen LogP) is 2.07. The van der Waals surface area contributed by atoms with Crippen LogP contribution >= 0.6 is 0 Å². The van der Waals surface area contributed by atoms with Gasteiger partial charge in [0.1, 0.15) is 5.82 Å². The molecule has 0 unspecified atom stereocenters. The highest BCUT2D eigenvalue weighted by atomic mass is 16.5. The van der Waals surface area contributed by atoms with Crippen LogP contribution in [0.4, 0.5) is 4.79 Å². The number of piperazine rings is 1. The van der Waals surface area contributed by atoms with E-state index in [1.165, 1.54) is 0 Å². The molecule has 1 atom stereocenters. The molecule has 10 nitrogen and oxygen atoms in total. The van der Waals surface area contributed by atoms with Gasteiger partial charge in [0.2, 0.25) is 0 Å². The van der Waals surface area contributed by atoms with E-state index in [-0.39, 0.29) is 24.2 Å². The van der Waals surface area contributed by atoms with Crippen LogP contribution in [-0.4, -0.2) is 81.2 Å². The summed E-state index contributed by atoms with van der Waals surface area (Å²) in [6.07, 6.45) is 1.58. The van der Waals surface area contributed by atoms with E-state index >= 15 is 0 Å². The number of rotatable bonds is 4. The van der Waals surface area contributed by atoms with Crippen LogP contribution in [0.2, 0.25) is 0 Å². The predicted molar refractivity (Wildman–Crippen MR) is 134 cm³/mol. The Hall–Kier alpha value is -3.76. The number of para-hydroxylation sites is 1. The van der Waals surface area contributed by atoms with E-state index in [9.17, 15) is 14.4 Å². The van der Waals surface area contributed by atoms with Crippen molar-refractivity contribution in [3.63, 3.8) is 0 Å². The van der Waals surface area contributed by atoms with Crippen LogP contribution in [0.25, 0.3) is 10.9 Å². The molecule has 0 aliphatic carbocycles. The number of likely N-dealkylation sites (N-methyl/N-ethyl adjacent to an activating group) is 1. The highest BCUT2D eigenvalue weighted by Gasteiger charge is 2.36. The highest BCUT2D eigenvalue weighted by Crippen LogP contribution is 2.32. The van der Waals surface area contributed by atoms with E-state index in [1.807, 2.05) is 28.0 Å². The molecular formula is C26H30N6O4. The van der Waals surface area contributed by atoms with Gasteiger partial charge in [-0.2, -0.15) is 0 Å². The summed E-state index contributed by atoms with van der Waals surface area (Å²) < 4.78 is 1.66. The zero-order valence-electron chi connectivity index (χ0n) is 20.3. The van der Waals surface area contributed by atoms with Crippen molar-refractivity contribution in [1.29, 1.82) is 0 Å². The fraction of sp³-hybridized carbons (Fsp3) is 0.385. The summed E-state index contributed by atoms with van der Waals surface area (Å²) in [7, 11) is 2.06. The van der Waals surface area contributed by atoms with Gasteiger partial charge in [0.25, 0.3) is 11.5 Å². The van der Waals surface area contributed by atoms with Crippen molar-refractivity contribution in [3.8, 4) is 0 Å². The van der Waals surface area contributed by atoms with E-state index in [0.717, 1.165) is 31.5 Å². The van der Waals surface area contributed by atoms with Crippen molar-refractivity contribution in [3.05, 3.63) is 75.8 Å². The smallest absolute Gasteiger partial charge is 0.320 e. The Morgan fingerprint density at radius 2 is 1.75 bits per heavy atom. The molecule has 5 rings (SSSR count). The SMILES string of the molecule is CN1CCN(C(=O)N2CCC[C@H]2c2nc3ccccc3c(=O)n2Cc2ccc(C(=O)NO)cc2)CC1. The Kier molecular flexibility index (Phi) is 6.71. The van der Waals surface area contributed by atoms with Gasteiger partial charge in [-0.15, -0.1) is 0 Å². The van der Waals surface area contributed by atoms with Gasteiger partial charge in [-0.05, 0) is 49.7 Å². The Bertz CT molecular complexity index is 1330. The molecule has 0 spiro atoms. The highest BCUT2D eigenvalue weighted by molar-refractivity contribution is 5.93. The van der Waals surface area contributed by atoms with E-state index in [1.54, 1.807) is 40.4 Å². The number of nitrogens with one attached hydrogen (secondary N) is 1. The molecule has 3 heterocycles. The number of carbonyl (C=O) groups excluding carboxylic acids is 2. The molecule has 3 amide bonds. The molecular weight excluding hydrogens is 460 g/mol. The molecule has 10 heteroatoms. The number of fused-ring (bicyclic) bond motifs is 1. The average Bonchev–Trinajstić information content (AvgIpc) is 3.40. The van der Waals surface area contributed by atoms with Gasteiger partial charge in [0, 0.05) is 38.3 Å². The summed E-state index contributed by atoms with van der Waals surface area (Å²) >= 11 is 0. The van der Waals surface area contributed by atoms with Crippen LogP contribution in [0, 0.1) is 0 Å². The monoisotopic (exact) mass is 490 g/mol. The molecule has 188 valence electrons. The lowest BCUT2D eigenvalue weighted by molar-refractivity contribution is 0.0706. The van der Waals surface area contributed by atoms with E-state index in [0.29, 0.717) is 41.9 Å². The number of nitrogens with zero attached hydrogens (tertiary/aromatic N) is 5. The van der Waals surface area contributed by atoms with Crippen LogP contribution in [0.3, 0.4) is 0 Å². The Morgan fingerprint density at radius 1 is 1.03 bits per heavy atom. The van der Waals surface area contributed by atoms with Crippen molar-refractivity contribution >= 4 is 22.8 Å². The number of carbonyl (C=O) groups is 2. The summed E-state index contributed by atoms with van der Waals surface area (Å²) in [5, 5.41) is 9.39. The van der Waals surface area contributed by atoms with Gasteiger partial charge in [0.05, 0.1) is 23.5 Å². The first-order chi connectivity index (χ1) is 17.5. The molecule has 2 saturated heterocycles. The topological polar surface area (TPSA) is 111 Å². The fourth-order valence-corrected chi connectivity index (χ4v) is 5.04. The zero-order valence-corrected chi connectivity index (χ0v) is 20.3. The summed E-state index contributed by atoms with van der Waals surface area (Å²) in [4.78, 5) is 49.7. The first-order valence-corrected chi connectivity index (χ1v) is 12.2. The number of hydrogen-bond donors (Lipinski definition) is 2. The summed E-state index contributed by atoms with van der Waals surface area (Å²) in [6, 6.07) is 13.7. The lowest BCUT2D eigenvalue weighted by Crippen LogP contribution is -2.52. The van der Waals surface area contributed by atoms with Crippen molar-refractivity contribution in [2.75, 3.05) is 39.8 Å². The lowest BCUT2D eigenvalue weighted by atomic mass is 10.1. The van der Waals surface area contributed by atoms with Crippen LogP contribution in [0.15, 0.2) is 53.3 Å². The third-order valence-electron chi connectivity index (χ3n) is 7.12. The number of urea groups is 1. The maximum atomic E-state index is 13.7. The number of aromatic nitrogens is 2. The molecule has 2 fully saturated rings. The number of benzene rings is 2. The normalized spacial score (nSPS) is 18.6. The second-order valence-electron chi connectivity index (χ2n) is 9.44. The Morgan fingerprint density at radius 3 is 2.47 bits per heavy atom. The number of hydroxylamine groups is 1. The molecule has 0 saturated carbocycles. The van der Waals surface area contributed by atoms with Crippen molar-refractivity contribution < 1.29 is 14.8 Å². The van der Waals surface area contributed by atoms with Gasteiger partial charge >= 0.3 is 6.03 Å². The Balaban J connectivity index is 1.52. The molecule has 0 radical (unpaired) electrons. The second-order valence-corrected chi connectivity index (χ2v) is 9.44. The van der Waals surface area contributed by atoms with Crippen molar-refractivity contribution in [1.82, 2.24) is 29.7 Å². The molecule has 2 aliphatic heterocycles. The van der Waals surface area contributed by atoms with Crippen molar-refractivity contribution in [2.24, 2.45) is 0 Å². The average molecular weight is 491 g/mol. The molecule has 3 aromatic rings. The second kappa shape index (κ2) is 10.1. The number of hydrogen-bond acceptors (Lipinski definition) is 6. The minimum absolute atomic E-state index is 0.000994. The van der Waals surface area contributed by atoms with Crippen LogP contribution in [0.1, 0.15) is 40.6 Å². The van der Waals surface area contributed by atoms with Gasteiger partial charge in [-0.3, -0.25) is 19.4 Å². The molecule has 0 bridgehead atoms. The van der Waals surface area contributed by atoms with Crippen LogP contribution in [-0.2, 0) is 6.54 Å². The lowest BCUT2D eigenvalue weighted by Gasteiger charge is -2.37. The number of amides is 3. The molecule has 2 aliphatic rings. The summed E-state index contributed by atoms with van der Waals surface area (Å²) in [6.45, 7) is 3.93. The van der Waals surface area contributed by atoms with E-state index in [4.69, 9.17) is 10.2 Å². The third kappa shape index (κ3) is 4.57. The van der Waals surface area contributed by atoms with Gasteiger partial charge < -0.3 is 14.7 Å². The van der Waals surface area contributed by atoms with E-state index in [2.05, 4.69) is 11.9 Å². The summed E-state index contributed by atoms with van der Waals surface area (Å²) in [5.74, 6) is -0.0216. The van der Waals surface area contributed by atoms with Gasteiger partial charge in [-0.25, -0.2) is 15.3 Å². The molecule has 2 aromatic carbocycles. The third-order valence-corrected chi connectivity index (χ3v) is 7.12. The molecule has 36 heavy (non-hydrogen) atoms. The number of likely N-dealkylation sites (tertiary alicyclic amines) is 1. The minimum Gasteiger partial charge on any atom is -0.322 e. The Labute approximate surface area is 208 Å². The largest absolute Gasteiger partial charge is 0.322 e. The zero-order chi connectivity index (χ0) is 25.2. The fourth-order valence-electron chi connectivity index (χ4n) is 5.04. The summed E-state index contributed by atoms with van der Waals surface area (Å²) in [5.41, 5.74) is 3.19.